The number of benzene rings is 2. The highest BCUT2D eigenvalue weighted by Crippen LogP contribution is 2.35. The van der Waals surface area contributed by atoms with Crippen LogP contribution in [0.15, 0.2) is 54.6 Å². The number of carbonyl (C=O) groups excluding carboxylic acids is 2. The molecule has 0 bridgehead atoms. The predicted molar refractivity (Wildman–Crippen MR) is 89.5 cm³/mol. The average molecular weight is 329 g/mol. The van der Waals surface area contributed by atoms with Gasteiger partial charge in [-0.15, -0.1) is 0 Å². The molecule has 0 heterocycles. The van der Waals surface area contributed by atoms with E-state index in [-0.39, 0.29) is 23.0 Å². The monoisotopic (exact) mass is 329 g/mol. The third-order valence-corrected chi connectivity index (χ3v) is 4.28. The van der Waals surface area contributed by atoms with Crippen molar-refractivity contribution >= 4 is 28.3 Å². The molecule has 23 heavy (non-hydrogen) atoms. The maximum absolute atomic E-state index is 12.4. The van der Waals surface area contributed by atoms with E-state index in [9.17, 15) is 19.7 Å². The number of nitro benzene ring substituents is 1. The van der Waals surface area contributed by atoms with Crippen LogP contribution in [0.1, 0.15) is 34.5 Å². The van der Waals surface area contributed by atoms with Gasteiger partial charge in [0.15, 0.2) is 10.9 Å². The number of nitro groups is 1. The van der Waals surface area contributed by atoms with E-state index in [0.717, 1.165) is 11.8 Å². The van der Waals surface area contributed by atoms with Crippen LogP contribution in [0.2, 0.25) is 0 Å². The normalized spacial score (nSPS) is 11.7. The van der Waals surface area contributed by atoms with Gasteiger partial charge in [-0.1, -0.05) is 54.2 Å². The van der Waals surface area contributed by atoms with Gasteiger partial charge in [0.05, 0.1) is 4.92 Å². The van der Waals surface area contributed by atoms with Gasteiger partial charge in [0.1, 0.15) is 0 Å². The predicted octanol–water partition coefficient (Wildman–Crippen LogP) is 4.19. The number of hydrogen-bond acceptors (Lipinski definition) is 5. The van der Waals surface area contributed by atoms with Crippen LogP contribution in [0.3, 0.4) is 0 Å². The largest absolute Gasteiger partial charge is 0.294 e. The van der Waals surface area contributed by atoms with Gasteiger partial charge in [-0.3, -0.25) is 19.7 Å². The van der Waals surface area contributed by atoms with Crippen molar-refractivity contribution in [3.05, 3.63) is 75.8 Å². The molecule has 0 amide bonds. The average Bonchev–Trinajstić information content (AvgIpc) is 2.54. The van der Waals surface area contributed by atoms with Crippen molar-refractivity contribution in [2.24, 2.45) is 0 Å². The first-order chi connectivity index (χ1) is 11.0. The SMILES string of the molecule is CC(=O)SC(CC(=O)c1ccccc1)c1cccc([N+](=O)[O-])c1. The summed E-state index contributed by atoms with van der Waals surface area (Å²) in [5.41, 5.74) is 1.11. The molecular formula is C17H15NO4S. The van der Waals surface area contributed by atoms with Crippen LogP contribution < -0.4 is 0 Å². The van der Waals surface area contributed by atoms with Crippen molar-refractivity contribution < 1.29 is 14.5 Å². The molecule has 0 radical (unpaired) electrons. The lowest BCUT2D eigenvalue weighted by atomic mass is 10.0. The van der Waals surface area contributed by atoms with E-state index in [4.69, 9.17) is 0 Å². The molecule has 6 heteroatoms. The summed E-state index contributed by atoms with van der Waals surface area (Å²) in [5.74, 6) is -0.101. The molecule has 0 aliphatic carbocycles. The van der Waals surface area contributed by atoms with Crippen LogP contribution in [-0.4, -0.2) is 15.8 Å². The number of Topliss-reactive ketones (excluding diaryl/α,β-unsaturated/α-hetero) is 1. The molecule has 0 aliphatic heterocycles. The summed E-state index contributed by atoms with van der Waals surface area (Å²) in [6.45, 7) is 1.42. The maximum Gasteiger partial charge on any atom is 0.269 e. The fourth-order valence-electron chi connectivity index (χ4n) is 2.18. The number of non-ortho nitro benzene ring substituents is 1. The number of ketones is 1. The molecule has 2 aromatic carbocycles. The Bertz CT molecular complexity index is 730. The zero-order valence-corrected chi connectivity index (χ0v) is 13.3. The molecule has 5 nitrogen and oxygen atoms in total. The highest BCUT2D eigenvalue weighted by Gasteiger charge is 2.21. The summed E-state index contributed by atoms with van der Waals surface area (Å²) < 4.78 is 0. The summed E-state index contributed by atoms with van der Waals surface area (Å²) >= 11 is 1.01. The van der Waals surface area contributed by atoms with E-state index >= 15 is 0 Å². The van der Waals surface area contributed by atoms with E-state index in [1.807, 2.05) is 6.07 Å². The Morgan fingerprint density at radius 3 is 2.43 bits per heavy atom. The van der Waals surface area contributed by atoms with Crippen LogP contribution in [0.25, 0.3) is 0 Å². The Morgan fingerprint density at radius 1 is 1.13 bits per heavy atom. The van der Waals surface area contributed by atoms with E-state index in [2.05, 4.69) is 0 Å². The van der Waals surface area contributed by atoms with Crippen molar-refractivity contribution in [1.29, 1.82) is 0 Å². The van der Waals surface area contributed by atoms with Gasteiger partial charge >= 0.3 is 0 Å². The molecule has 1 unspecified atom stereocenters. The van der Waals surface area contributed by atoms with Crippen molar-refractivity contribution in [1.82, 2.24) is 0 Å². The van der Waals surface area contributed by atoms with Crippen LogP contribution in [0.5, 0.6) is 0 Å². The Labute approximate surface area is 137 Å². The summed E-state index contributed by atoms with van der Waals surface area (Å²) in [6.07, 6.45) is 0.107. The molecule has 0 aliphatic rings. The van der Waals surface area contributed by atoms with Crippen LogP contribution in [0, 0.1) is 10.1 Å². The number of hydrogen-bond donors (Lipinski definition) is 0. The van der Waals surface area contributed by atoms with Gasteiger partial charge in [-0.2, -0.15) is 0 Å². The number of rotatable bonds is 6. The lowest BCUT2D eigenvalue weighted by Crippen LogP contribution is -2.07. The van der Waals surface area contributed by atoms with Gasteiger partial charge < -0.3 is 0 Å². The quantitative estimate of drug-likeness (QED) is 0.451. The van der Waals surface area contributed by atoms with Gasteiger partial charge in [0.2, 0.25) is 0 Å². The molecule has 118 valence electrons. The molecule has 0 saturated heterocycles. The fourth-order valence-corrected chi connectivity index (χ4v) is 3.09. The summed E-state index contributed by atoms with van der Waals surface area (Å²) in [7, 11) is 0. The molecule has 2 rings (SSSR count). The van der Waals surface area contributed by atoms with Gasteiger partial charge in [0, 0.05) is 36.3 Å². The molecule has 0 aromatic heterocycles. The van der Waals surface area contributed by atoms with E-state index in [0.29, 0.717) is 11.1 Å². The highest BCUT2D eigenvalue weighted by molar-refractivity contribution is 8.13. The lowest BCUT2D eigenvalue weighted by molar-refractivity contribution is -0.384. The molecule has 2 aromatic rings. The van der Waals surface area contributed by atoms with Gasteiger partial charge in [-0.05, 0) is 5.56 Å². The van der Waals surface area contributed by atoms with Gasteiger partial charge in [0.25, 0.3) is 5.69 Å². The Balaban J connectivity index is 2.27. The number of nitrogens with zero attached hydrogens (tertiary/aromatic N) is 1. The molecule has 0 spiro atoms. The number of carbonyl (C=O) groups is 2. The minimum atomic E-state index is -0.488. The summed E-state index contributed by atoms with van der Waals surface area (Å²) in [5, 5.41) is 10.3. The minimum Gasteiger partial charge on any atom is -0.294 e. The third-order valence-electron chi connectivity index (χ3n) is 3.23. The first-order valence-electron chi connectivity index (χ1n) is 6.97. The van der Waals surface area contributed by atoms with E-state index < -0.39 is 10.2 Å². The fraction of sp³-hybridized carbons (Fsp3) is 0.176. The maximum atomic E-state index is 12.4. The Morgan fingerprint density at radius 2 is 1.83 bits per heavy atom. The topological polar surface area (TPSA) is 77.3 Å². The lowest BCUT2D eigenvalue weighted by Gasteiger charge is -2.14. The van der Waals surface area contributed by atoms with Crippen LogP contribution in [-0.2, 0) is 4.79 Å². The smallest absolute Gasteiger partial charge is 0.269 e. The third kappa shape index (κ3) is 4.75. The van der Waals surface area contributed by atoms with Crippen molar-refractivity contribution in [3.8, 4) is 0 Å². The van der Waals surface area contributed by atoms with Crippen molar-refractivity contribution in [2.75, 3.05) is 0 Å². The van der Waals surface area contributed by atoms with E-state index in [1.54, 1.807) is 36.4 Å². The van der Waals surface area contributed by atoms with Crippen LogP contribution in [0.4, 0.5) is 5.69 Å². The summed E-state index contributed by atoms with van der Waals surface area (Å²) in [4.78, 5) is 34.3. The zero-order chi connectivity index (χ0) is 16.8. The molecule has 0 N–H and O–H groups in total. The molecule has 1 atom stereocenters. The number of thioether (sulfide) groups is 1. The Hall–Kier alpha value is -2.47. The summed E-state index contributed by atoms with van der Waals surface area (Å²) in [6, 6.07) is 14.9. The second-order valence-corrected chi connectivity index (χ2v) is 6.32. The first kappa shape index (κ1) is 16.9. The van der Waals surface area contributed by atoms with Crippen molar-refractivity contribution in [3.63, 3.8) is 0 Å². The van der Waals surface area contributed by atoms with E-state index in [1.165, 1.54) is 19.1 Å². The molecular weight excluding hydrogens is 314 g/mol. The highest BCUT2D eigenvalue weighted by atomic mass is 32.2. The van der Waals surface area contributed by atoms with Crippen LogP contribution >= 0.6 is 11.8 Å². The minimum absolute atomic E-state index is 0.0520. The zero-order valence-electron chi connectivity index (χ0n) is 12.5. The standard InChI is InChI=1S/C17H15NO4S/c1-12(19)23-17(11-16(20)13-6-3-2-4-7-13)14-8-5-9-15(10-14)18(21)22/h2-10,17H,11H2,1H3. The van der Waals surface area contributed by atoms with Crippen molar-refractivity contribution in [2.45, 2.75) is 18.6 Å². The second-order valence-electron chi connectivity index (χ2n) is 4.94. The molecule has 0 saturated carbocycles. The Kier molecular flexibility index (Phi) is 5.65. The first-order valence-corrected chi connectivity index (χ1v) is 7.85. The van der Waals surface area contributed by atoms with Gasteiger partial charge in [-0.25, -0.2) is 0 Å². The second kappa shape index (κ2) is 7.69. The molecule has 0 fully saturated rings.